The Labute approximate surface area is 179 Å². The molecular formula is C24H34N4O2. The summed E-state index contributed by atoms with van der Waals surface area (Å²) in [6, 6.07) is 12.1. The van der Waals surface area contributed by atoms with Crippen LogP contribution in [0, 0.1) is 12.8 Å². The number of benzene rings is 1. The Kier molecular flexibility index (Phi) is 7.19. The molecule has 0 saturated heterocycles. The molecule has 6 heteroatoms. The number of carbonyl (C=O) groups is 2. The van der Waals surface area contributed by atoms with Crippen molar-refractivity contribution in [3.05, 3.63) is 59.4 Å². The van der Waals surface area contributed by atoms with Crippen LogP contribution in [-0.2, 0) is 11.3 Å². The minimum absolute atomic E-state index is 0.0111. The lowest BCUT2D eigenvalue weighted by Crippen LogP contribution is -2.50. The van der Waals surface area contributed by atoms with Gasteiger partial charge in [-0.25, -0.2) is 4.79 Å². The zero-order chi connectivity index (χ0) is 21.7. The van der Waals surface area contributed by atoms with E-state index in [1.54, 1.807) is 4.90 Å². The number of urea groups is 1. The van der Waals surface area contributed by atoms with Crippen LogP contribution in [0.1, 0.15) is 50.1 Å². The number of nitrogens with zero attached hydrogens (tertiary/aromatic N) is 3. The summed E-state index contributed by atoms with van der Waals surface area (Å²) in [6.45, 7) is 10.9. The van der Waals surface area contributed by atoms with Gasteiger partial charge in [-0.05, 0) is 42.5 Å². The maximum atomic E-state index is 13.5. The van der Waals surface area contributed by atoms with Gasteiger partial charge in [0.1, 0.15) is 6.54 Å². The normalized spacial score (nSPS) is 15.8. The fourth-order valence-electron chi connectivity index (χ4n) is 4.13. The molecule has 1 aliphatic heterocycles. The van der Waals surface area contributed by atoms with E-state index in [1.807, 2.05) is 30.0 Å². The van der Waals surface area contributed by atoms with Crippen LogP contribution in [0.25, 0.3) is 0 Å². The first-order valence-electron chi connectivity index (χ1n) is 10.9. The number of carbonyl (C=O) groups excluding carboxylic acids is 2. The van der Waals surface area contributed by atoms with Gasteiger partial charge in [-0.1, -0.05) is 45.0 Å². The number of hydrogen-bond donors (Lipinski definition) is 1. The second kappa shape index (κ2) is 9.83. The topological polar surface area (TPSA) is 57.6 Å². The van der Waals surface area contributed by atoms with Gasteiger partial charge >= 0.3 is 6.03 Å². The summed E-state index contributed by atoms with van der Waals surface area (Å²) in [5, 5.41) is 2.92. The zero-order valence-corrected chi connectivity index (χ0v) is 18.6. The predicted octanol–water partition coefficient (Wildman–Crippen LogP) is 3.81. The highest BCUT2D eigenvalue weighted by Crippen LogP contribution is 2.34. The first-order valence-corrected chi connectivity index (χ1v) is 10.9. The minimum Gasteiger partial charge on any atom is -0.348 e. The monoisotopic (exact) mass is 410 g/mol. The zero-order valence-electron chi connectivity index (χ0n) is 18.6. The van der Waals surface area contributed by atoms with Crippen molar-refractivity contribution < 1.29 is 9.59 Å². The second-order valence-electron chi connectivity index (χ2n) is 8.48. The van der Waals surface area contributed by atoms with Crippen molar-refractivity contribution in [1.29, 1.82) is 0 Å². The number of aromatic nitrogens is 1. The van der Waals surface area contributed by atoms with Crippen LogP contribution in [-0.4, -0.2) is 52.5 Å². The molecule has 1 unspecified atom stereocenters. The van der Waals surface area contributed by atoms with Crippen LogP contribution in [0.4, 0.5) is 4.79 Å². The molecule has 1 atom stereocenters. The SMILES string of the molecule is CCCNC(=O)N(CC(=O)N1CCn2cccc2C1c1ccccc1C)CC(C)C. The van der Waals surface area contributed by atoms with Crippen LogP contribution in [0.15, 0.2) is 42.6 Å². The molecule has 3 rings (SSSR count). The largest absolute Gasteiger partial charge is 0.348 e. The summed E-state index contributed by atoms with van der Waals surface area (Å²) >= 11 is 0. The Morgan fingerprint density at radius 3 is 2.63 bits per heavy atom. The molecule has 3 amide bonds. The van der Waals surface area contributed by atoms with Crippen LogP contribution in [0.2, 0.25) is 0 Å². The fraction of sp³-hybridized carbons (Fsp3) is 0.500. The Balaban J connectivity index is 1.87. The highest BCUT2D eigenvalue weighted by Gasteiger charge is 2.34. The molecule has 2 heterocycles. The average Bonchev–Trinajstić information content (AvgIpc) is 3.19. The van der Waals surface area contributed by atoms with E-state index in [-0.39, 0.29) is 30.4 Å². The van der Waals surface area contributed by atoms with Gasteiger partial charge in [-0.15, -0.1) is 0 Å². The summed E-state index contributed by atoms with van der Waals surface area (Å²) in [5.74, 6) is 0.277. The van der Waals surface area contributed by atoms with Gasteiger partial charge in [0, 0.05) is 38.1 Å². The number of nitrogens with one attached hydrogen (secondary N) is 1. The van der Waals surface area contributed by atoms with Gasteiger partial charge in [-0.3, -0.25) is 4.79 Å². The molecule has 6 nitrogen and oxygen atoms in total. The standard InChI is InChI=1S/C24H34N4O2/c1-5-12-25-24(30)27(16-18(2)3)17-22(29)28-15-14-26-13-8-11-21(26)23(28)20-10-7-6-9-19(20)4/h6-11,13,18,23H,5,12,14-17H2,1-4H3,(H,25,30). The van der Waals surface area contributed by atoms with Crippen LogP contribution >= 0.6 is 0 Å². The van der Waals surface area contributed by atoms with Crippen LogP contribution in [0.5, 0.6) is 0 Å². The Morgan fingerprint density at radius 1 is 1.17 bits per heavy atom. The van der Waals surface area contributed by atoms with E-state index in [0.29, 0.717) is 19.6 Å². The van der Waals surface area contributed by atoms with Crippen molar-refractivity contribution in [1.82, 2.24) is 19.7 Å². The van der Waals surface area contributed by atoms with Gasteiger partial charge in [0.05, 0.1) is 6.04 Å². The second-order valence-corrected chi connectivity index (χ2v) is 8.48. The van der Waals surface area contributed by atoms with Crippen molar-refractivity contribution in [3.63, 3.8) is 0 Å². The van der Waals surface area contributed by atoms with E-state index in [2.05, 4.69) is 55.1 Å². The number of rotatable bonds is 7. The molecule has 1 aromatic heterocycles. The molecule has 0 fully saturated rings. The van der Waals surface area contributed by atoms with E-state index in [9.17, 15) is 9.59 Å². The highest BCUT2D eigenvalue weighted by molar-refractivity contribution is 5.84. The molecule has 162 valence electrons. The van der Waals surface area contributed by atoms with Crippen molar-refractivity contribution in [2.24, 2.45) is 5.92 Å². The van der Waals surface area contributed by atoms with E-state index < -0.39 is 0 Å². The highest BCUT2D eigenvalue weighted by atomic mass is 16.2. The Hall–Kier alpha value is -2.76. The summed E-state index contributed by atoms with van der Waals surface area (Å²) in [5.41, 5.74) is 3.42. The third-order valence-electron chi connectivity index (χ3n) is 5.57. The first kappa shape index (κ1) is 21.9. The van der Waals surface area contributed by atoms with Crippen molar-refractivity contribution >= 4 is 11.9 Å². The van der Waals surface area contributed by atoms with E-state index >= 15 is 0 Å². The smallest absolute Gasteiger partial charge is 0.317 e. The number of hydrogen-bond acceptors (Lipinski definition) is 2. The average molecular weight is 411 g/mol. The predicted molar refractivity (Wildman–Crippen MR) is 119 cm³/mol. The quantitative estimate of drug-likeness (QED) is 0.755. The third-order valence-corrected chi connectivity index (χ3v) is 5.57. The van der Waals surface area contributed by atoms with Gasteiger partial charge < -0.3 is 19.7 Å². The lowest BCUT2D eigenvalue weighted by Gasteiger charge is -2.39. The van der Waals surface area contributed by atoms with Crippen molar-refractivity contribution in [2.75, 3.05) is 26.2 Å². The van der Waals surface area contributed by atoms with Crippen LogP contribution in [0.3, 0.4) is 0 Å². The van der Waals surface area contributed by atoms with Gasteiger partial charge in [-0.2, -0.15) is 0 Å². The molecule has 1 N–H and O–H groups in total. The summed E-state index contributed by atoms with van der Waals surface area (Å²) in [7, 11) is 0. The number of amides is 3. The molecule has 0 radical (unpaired) electrons. The summed E-state index contributed by atoms with van der Waals surface area (Å²) in [4.78, 5) is 29.7. The number of aryl methyl sites for hydroxylation is 1. The molecule has 1 aromatic carbocycles. The van der Waals surface area contributed by atoms with Crippen LogP contribution < -0.4 is 5.32 Å². The lowest BCUT2D eigenvalue weighted by atomic mass is 9.95. The molecular weight excluding hydrogens is 376 g/mol. The maximum Gasteiger partial charge on any atom is 0.317 e. The lowest BCUT2D eigenvalue weighted by molar-refractivity contribution is -0.134. The summed E-state index contributed by atoms with van der Waals surface area (Å²) in [6.07, 6.45) is 2.94. The van der Waals surface area contributed by atoms with Gasteiger partial charge in [0.2, 0.25) is 5.91 Å². The Bertz CT molecular complexity index is 874. The summed E-state index contributed by atoms with van der Waals surface area (Å²) < 4.78 is 2.22. The van der Waals surface area contributed by atoms with E-state index in [1.165, 1.54) is 0 Å². The van der Waals surface area contributed by atoms with E-state index in [0.717, 1.165) is 29.8 Å². The molecule has 0 saturated carbocycles. The van der Waals surface area contributed by atoms with E-state index in [4.69, 9.17) is 0 Å². The molecule has 0 aliphatic carbocycles. The fourth-order valence-corrected chi connectivity index (χ4v) is 4.13. The van der Waals surface area contributed by atoms with Gasteiger partial charge in [0.15, 0.2) is 0 Å². The molecule has 2 aromatic rings. The van der Waals surface area contributed by atoms with Crippen molar-refractivity contribution in [3.8, 4) is 0 Å². The molecule has 1 aliphatic rings. The first-order chi connectivity index (χ1) is 14.4. The van der Waals surface area contributed by atoms with Crippen molar-refractivity contribution in [2.45, 2.75) is 46.7 Å². The van der Waals surface area contributed by atoms with Gasteiger partial charge in [0.25, 0.3) is 0 Å². The number of fused-ring (bicyclic) bond motifs is 1. The third kappa shape index (κ3) is 4.86. The molecule has 0 spiro atoms. The molecule has 0 bridgehead atoms. The maximum absolute atomic E-state index is 13.5. The molecule has 30 heavy (non-hydrogen) atoms. The Morgan fingerprint density at radius 2 is 1.93 bits per heavy atom. The minimum atomic E-state index is -0.160.